The summed E-state index contributed by atoms with van der Waals surface area (Å²) in [6.07, 6.45) is 4.79. The molecule has 2 aliphatic rings. The quantitative estimate of drug-likeness (QED) is 0.365. The van der Waals surface area contributed by atoms with E-state index in [1.807, 2.05) is 0 Å². The second-order valence-electron chi connectivity index (χ2n) is 9.83. The molecule has 1 N–H and O–H groups in total. The van der Waals surface area contributed by atoms with Crippen molar-refractivity contribution in [1.29, 1.82) is 0 Å². The molecule has 1 aromatic heterocycles. The minimum Gasteiger partial charge on any atom is -0.303 e. The van der Waals surface area contributed by atoms with Gasteiger partial charge in [-0.15, -0.1) is 0 Å². The molecule has 0 radical (unpaired) electrons. The number of allylic oxidation sites excluding steroid dienone is 1. The standard InChI is InChI=1S/C28H32F3N3/c1-2-3-14-34-15-12-22(13-16-34)27-25-18-19(4-11-26(25)32-33-27)17-24(20-5-6-20)21-7-9-23(10-8-21)28(29,30)31/h4,7-11,17-18,20,22H,2-3,5-6,12-16H2,1H3,(H,32,33). The van der Waals surface area contributed by atoms with E-state index in [0.717, 1.165) is 61.0 Å². The molecule has 2 fully saturated rings. The summed E-state index contributed by atoms with van der Waals surface area (Å²) in [5.74, 6) is 0.906. The summed E-state index contributed by atoms with van der Waals surface area (Å²) in [5.41, 5.74) is 4.68. The Labute approximate surface area is 199 Å². The van der Waals surface area contributed by atoms with Crippen LogP contribution in [0.4, 0.5) is 13.2 Å². The molecule has 0 amide bonds. The van der Waals surface area contributed by atoms with Crippen molar-refractivity contribution < 1.29 is 13.2 Å². The van der Waals surface area contributed by atoms with Crippen molar-refractivity contribution in [2.75, 3.05) is 19.6 Å². The fourth-order valence-electron chi connectivity index (χ4n) is 5.14. The van der Waals surface area contributed by atoms with E-state index in [9.17, 15) is 13.2 Å². The zero-order chi connectivity index (χ0) is 23.7. The molecule has 3 aromatic rings. The summed E-state index contributed by atoms with van der Waals surface area (Å²) in [7, 11) is 0. The second-order valence-corrected chi connectivity index (χ2v) is 9.83. The molecule has 0 atom stereocenters. The third-order valence-electron chi connectivity index (χ3n) is 7.32. The van der Waals surface area contributed by atoms with E-state index in [4.69, 9.17) is 0 Å². The molecule has 2 aromatic carbocycles. The van der Waals surface area contributed by atoms with Gasteiger partial charge in [0.2, 0.25) is 0 Å². The predicted molar refractivity (Wildman–Crippen MR) is 131 cm³/mol. The number of piperidine rings is 1. The smallest absolute Gasteiger partial charge is 0.303 e. The van der Waals surface area contributed by atoms with E-state index >= 15 is 0 Å². The van der Waals surface area contributed by atoms with Gasteiger partial charge in [-0.3, -0.25) is 5.10 Å². The molecule has 0 unspecified atom stereocenters. The molecular formula is C28H32F3N3. The Kier molecular flexibility index (Phi) is 6.52. The van der Waals surface area contributed by atoms with E-state index in [-0.39, 0.29) is 0 Å². The number of hydrogen-bond donors (Lipinski definition) is 1. The summed E-state index contributed by atoms with van der Waals surface area (Å²) in [6.45, 7) is 5.69. The Morgan fingerprint density at radius 2 is 1.79 bits per heavy atom. The Bertz CT molecular complexity index is 1150. The first-order valence-electron chi connectivity index (χ1n) is 12.5. The van der Waals surface area contributed by atoms with Gasteiger partial charge >= 0.3 is 6.18 Å². The SMILES string of the molecule is CCCCN1CCC(c2[nH]nc3ccc(C=C(c4ccc(C(F)(F)F)cc4)C4CC4)cc23)CC1. The zero-order valence-corrected chi connectivity index (χ0v) is 19.7. The number of H-pyrrole nitrogens is 1. The highest BCUT2D eigenvalue weighted by Gasteiger charge is 2.31. The van der Waals surface area contributed by atoms with E-state index in [2.05, 4.69) is 46.3 Å². The van der Waals surface area contributed by atoms with Crippen molar-refractivity contribution >= 4 is 22.6 Å². The molecule has 1 saturated heterocycles. The maximum absolute atomic E-state index is 13.0. The molecule has 1 aliphatic carbocycles. The molecule has 34 heavy (non-hydrogen) atoms. The Morgan fingerprint density at radius 3 is 2.44 bits per heavy atom. The number of halogens is 3. The van der Waals surface area contributed by atoms with Crippen LogP contribution in [0.3, 0.4) is 0 Å². The van der Waals surface area contributed by atoms with Gasteiger partial charge < -0.3 is 4.90 Å². The molecule has 6 heteroatoms. The monoisotopic (exact) mass is 467 g/mol. The normalized spacial score (nSPS) is 18.6. The first-order valence-corrected chi connectivity index (χ1v) is 12.5. The molecule has 3 nitrogen and oxygen atoms in total. The van der Waals surface area contributed by atoms with Gasteiger partial charge in [-0.05, 0) is 98.6 Å². The summed E-state index contributed by atoms with van der Waals surface area (Å²) >= 11 is 0. The molecule has 1 aliphatic heterocycles. The molecule has 0 spiro atoms. The number of aromatic nitrogens is 2. The highest BCUT2D eigenvalue weighted by atomic mass is 19.4. The van der Waals surface area contributed by atoms with Crippen LogP contribution in [-0.2, 0) is 6.18 Å². The number of nitrogens with one attached hydrogen (secondary N) is 1. The number of alkyl halides is 3. The number of aromatic amines is 1. The number of likely N-dealkylation sites (tertiary alicyclic amines) is 1. The van der Waals surface area contributed by atoms with Gasteiger partial charge in [0.15, 0.2) is 0 Å². The minimum atomic E-state index is -4.31. The molecule has 2 heterocycles. The highest BCUT2D eigenvalue weighted by molar-refractivity contribution is 5.89. The van der Waals surface area contributed by atoms with Crippen LogP contribution in [0.2, 0.25) is 0 Å². The summed E-state index contributed by atoms with van der Waals surface area (Å²) in [6, 6.07) is 11.9. The lowest BCUT2D eigenvalue weighted by molar-refractivity contribution is -0.137. The van der Waals surface area contributed by atoms with Crippen molar-refractivity contribution in [1.82, 2.24) is 15.1 Å². The van der Waals surface area contributed by atoms with E-state index in [1.165, 1.54) is 42.6 Å². The first-order chi connectivity index (χ1) is 16.4. The van der Waals surface area contributed by atoms with Gasteiger partial charge in [-0.25, -0.2) is 0 Å². The second kappa shape index (κ2) is 9.57. The molecule has 0 bridgehead atoms. The molecular weight excluding hydrogens is 435 g/mol. The van der Waals surface area contributed by atoms with Crippen molar-refractivity contribution in [3.63, 3.8) is 0 Å². The molecule has 1 saturated carbocycles. The Morgan fingerprint density at radius 1 is 1.06 bits per heavy atom. The number of nitrogens with zero attached hydrogens (tertiary/aromatic N) is 2. The van der Waals surface area contributed by atoms with Crippen LogP contribution >= 0.6 is 0 Å². The van der Waals surface area contributed by atoms with Gasteiger partial charge in [0, 0.05) is 17.0 Å². The van der Waals surface area contributed by atoms with Crippen LogP contribution in [0.1, 0.15) is 73.8 Å². The van der Waals surface area contributed by atoms with Crippen LogP contribution in [0.15, 0.2) is 42.5 Å². The van der Waals surface area contributed by atoms with Gasteiger partial charge in [-0.1, -0.05) is 37.6 Å². The average molecular weight is 468 g/mol. The topological polar surface area (TPSA) is 31.9 Å². The number of fused-ring (bicyclic) bond motifs is 1. The fourth-order valence-corrected chi connectivity index (χ4v) is 5.14. The largest absolute Gasteiger partial charge is 0.416 e. The maximum atomic E-state index is 13.0. The van der Waals surface area contributed by atoms with E-state index in [0.29, 0.717) is 11.8 Å². The number of unbranched alkanes of at least 4 members (excludes halogenated alkanes) is 1. The maximum Gasteiger partial charge on any atom is 0.416 e. The van der Waals surface area contributed by atoms with Crippen LogP contribution in [0.5, 0.6) is 0 Å². The lowest BCUT2D eigenvalue weighted by Gasteiger charge is -2.31. The molecule has 5 rings (SSSR count). The third kappa shape index (κ3) is 5.07. The van der Waals surface area contributed by atoms with Crippen molar-refractivity contribution in [3.05, 3.63) is 64.8 Å². The summed E-state index contributed by atoms with van der Waals surface area (Å²) in [4.78, 5) is 2.57. The van der Waals surface area contributed by atoms with Crippen LogP contribution < -0.4 is 0 Å². The summed E-state index contributed by atoms with van der Waals surface area (Å²) < 4.78 is 39.0. The Balaban J connectivity index is 1.39. The zero-order valence-electron chi connectivity index (χ0n) is 19.7. The lowest BCUT2D eigenvalue weighted by atomic mass is 9.90. The van der Waals surface area contributed by atoms with Crippen LogP contribution in [0.25, 0.3) is 22.6 Å². The van der Waals surface area contributed by atoms with Crippen molar-refractivity contribution in [2.24, 2.45) is 5.92 Å². The van der Waals surface area contributed by atoms with Gasteiger partial charge in [0.1, 0.15) is 0 Å². The van der Waals surface area contributed by atoms with Crippen molar-refractivity contribution in [3.8, 4) is 0 Å². The minimum absolute atomic E-state index is 0.420. The van der Waals surface area contributed by atoms with E-state index < -0.39 is 11.7 Å². The summed E-state index contributed by atoms with van der Waals surface area (Å²) in [5, 5.41) is 9.04. The van der Waals surface area contributed by atoms with Crippen LogP contribution in [-0.4, -0.2) is 34.7 Å². The lowest BCUT2D eigenvalue weighted by Crippen LogP contribution is -2.33. The van der Waals surface area contributed by atoms with E-state index in [1.54, 1.807) is 12.1 Å². The first kappa shape index (κ1) is 23.2. The van der Waals surface area contributed by atoms with Gasteiger partial charge in [0.25, 0.3) is 0 Å². The number of rotatable bonds is 7. The van der Waals surface area contributed by atoms with Crippen molar-refractivity contribution in [2.45, 2.75) is 57.5 Å². The number of hydrogen-bond acceptors (Lipinski definition) is 2. The highest BCUT2D eigenvalue weighted by Crippen LogP contribution is 2.44. The van der Waals surface area contributed by atoms with Gasteiger partial charge in [0.05, 0.1) is 11.1 Å². The molecule has 180 valence electrons. The van der Waals surface area contributed by atoms with Gasteiger partial charge in [-0.2, -0.15) is 18.3 Å². The third-order valence-corrected chi connectivity index (χ3v) is 7.32. The fraction of sp³-hybridized carbons (Fsp3) is 0.464. The Hall–Kier alpha value is -2.60. The number of benzene rings is 2. The van der Waals surface area contributed by atoms with Crippen LogP contribution in [0, 0.1) is 5.92 Å². The average Bonchev–Trinajstić information content (AvgIpc) is 3.60. The predicted octanol–water partition coefficient (Wildman–Crippen LogP) is 7.51.